The Bertz CT molecular complexity index is 1050. The zero-order chi connectivity index (χ0) is 19.0. The van der Waals surface area contributed by atoms with Gasteiger partial charge in [0.2, 0.25) is 0 Å². The second-order valence-corrected chi connectivity index (χ2v) is 6.87. The van der Waals surface area contributed by atoms with Crippen LogP contribution in [0, 0.1) is 5.82 Å². The highest BCUT2D eigenvalue weighted by molar-refractivity contribution is 6.30. The lowest BCUT2D eigenvalue weighted by molar-refractivity contribution is 0.0945. The number of aromatic amines is 1. The van der Waals surface area contributed by atoms with Crippen LogP contribution in [0.25, 0.3) is 11.1 Å². The lowest BCUT2D eigenvalue weighted by Gasteiger charge is -2.09. The van der Waals surface area contributed by atoms with E-state index >= 15 is 0 Å². The molecule has 0 saturated heterocycles. The van der Waals surface area contributed by atoms with E-state index in [1.54, 1.807) is 34.9 Å². The number of nitrogens with zero attached hydrogens (tertiary/aromatic N) is 2. The second kappa shape index (κ2) is 7.00. The van der Waals surface area contributed by atoms with Crippen molar-refractivity contribution in [3.63, 3.8) is 0 Å². The van der Waals surface area contributed by atoms with Crippen molar-refractivity contribution >= 4 is 17.5 Å². The Balaban J connectivity index is 1.49. The highest BCUT2D eigenvalue weighted by Crippen LogP contribution is 2.34. The number of H-pyrrole nitrogens is 1. The van der Waals surface area contributed by atoms with Crippen LogP contribution in [-0.4, -0.2) is 20.7 Å². The smallest absolute Gasteiger partial charge is 0.343 e. The molecule has 3 aromatic rings. The molecule has 1 heterocycles. The van der Waals surface area contributed by atoms with E-state index in [4.69, 9.17) is 11.6 Å². The van der Waals surface area contributed by atoms with Gasteiger partial charge in [0.1, 0.15) is 5.82 Å². The zero-order valence-electron chi connectivity index (χ0n) is 14.2. The third-order valence-electron chi connectivity index (χ3n) is 4.49. The molecule has 2 aromatic carbocycles. The molecule has 1 amide bonds. The number of hydrogen-bond donors (Lipinski definition) is 2. The Hall–Kier alpha value is -2.93. The van der Waals surface area contributed by atoms with Crippen LogP contribution in [-0.2, 0) is 6.54 Å². The highest BCUT2D eigenvalue weighted by Gasteiger charge is 2.28. The highest BCUT2D eigenvalue weighted by atomic mass is 35.5. The molecule has 8 heteroatoms. The van der Waals surface area contributed by atoms with Crippen LogP contribution in [0.1, 0.15) is 35.1 Å². The maximum atomic E-state index is 14.4. The molecule has 1 aliphatic rings. The van der Waals surface area contributed by atoms with E-state index in [9.17, 15) is 14.0 Å². The summed E-state index contributed by atoms with van der Waals surface area (Å²) >= 11 is 5.86. The first-order chi connectivity index (χ1) is 13.0. The molecule has 1 aromatic heterocycles. The fourth-order valence-electron chi connectivity index (χ4n) is 2.95. The molecule has 0 unspecified atom stereocenters. The summed E-state index contributed by atoms with van der Waals surface area (Å²) in [5, 5.41) is 9.53. The van der Waals surface area contributed by atoms with Gasteiger partial charge in [-0.25, -0.2) is 14.3 Å². The molecule has 2 N–H and O–H groups in total. The molecule has 0 atom stereocenters. The minimum absolute atomic E-state index is 0.0481. The minimum Gasteiger partial charge on any atom is -0.345 e. The van der Waals surface area contributed by atoms with Gasteiger partial charge in [0.25, 0.3) is 5.91 Å². The Kier molecular flexibility index (Phi) is 4.53. The van der Waals surface area contributed by atoms with Crippen LogP contribution in [0.2, 0.25) is 5.02 Å². The van der Waals surface area contributed by atoms with Crippen LogP contribution in [0.3, 0.4) is 0 Å². The fourth-order valence-corrected chi connectivity index (χ4v) is 3.07. The van der Waals surface area contributed by atoms with Crippen molar-refractivity contribution in [3.05, 3.63) is 75.2 Å². The monoisotopic (exact) mass is 386 g/mol. The maximum Gasteiger partial charge on any atom is 0.343 e. The lowest BCUT2D eigenvalue weighted by Crippen LogP contribution is -2.27. The SMILES string of the molecule is O=C(NCc1n[nH]c(=O)n1C1CC1)c1ccc(-c2ccc(Cl)cc2)cc1F. The molecule has 27 heavy (non-hydrogen) atoms. The third-order valence-corrected chi connectivity index (χ3v) is 4.74. The summed E-state index contributed by atoms with van der Waals surface area (Å²) in [4.78, 5) is 24.1. The van der Waals surface area contributed by atoms with Gasteiger partial charge < -0.3 is 5.32 Å². The largest absolute Gasteiger partial charge is 0.345 e. The average molecular weight is 387 g/mol. The topological polar surface area (TPSA) is 79.8 Å². The molecule has 138 valence electrons. The van der Waals surface area contributed by atoms with Gasteiger partial charge in [-0.15, -0.1) is 0 Å². The van der Waals surface area contributed by atoms with Crippen molar-refractivity contribution in [2.45, 2.75) is 25.4 Å². The number of carbonyl (C=O) groups excluding carboxylic acids is 1. The number of amides is 1. The van der Waals surface area contributed by atoms with Gasteiger partial charge in [-0.2, -0.15) is 5.10 Å². The molecule has 0 aliphatic heterocycles. The number of aromatic nitrogens is 3. The normalized spacial score (nSPS) is 13.6. The quantitative estimate of drug-likeness (QED) is 0.706. The molecular formula is C19H16ClFN4O2. The number of carbonyl (C=O) groups is 1. The molecule has 1 aliphatic carbocycles. The van der Waals surface area contributed by atoms with E-state index in [1.807, 2.05) is 0 Å². The summed E-state index contributed by atoms with van der Waals surface area (Å²) in [7, 11) is 0. The summed E-state index contributed by atoms with van der Waals surface area (Å²) in [6, 6.07) is 11.6. The van der Waals surface area contributed by atoms with E-state index < -0.39 is 11.7 Å². The van der Waals surface area contributed by atoms with Gasteiger partial charge in [-0.05, 0) is 48.2 Å². The Morgan fingerprint density at radius 1 is 1.22 bits per heavy atom. The molecule has 1 fully saturated rings. The van der Waals surface area contributed by atoms with Crippen molar-refractivity contribution in [1.82, 2.24) is 20.1 Å². The van der Waals surface area contributed by atoms with Crippen LogP contribution >= 0.6 is 11.6 Å². The number of nitrogens with one attached hydrogen (secondary N) is 2. The lowest BCUT2D eigenvalue weighted by atomic mass is 10.0. The number of benzene rings is 2. The van der Waals surface area contributed by atoms with Gasteiger partial charge in [0.05, 0.1) is 12.1 Å². The predicted molar refractivity (Wildman–Crippen MR) is 99.1 cm³/mol. The van der Waals surface area contributed by atoms with E-state index in [0.717, 1.165) is 18.4 Å². The Morgan fingerprint density at radius 3 is 2.59 bits per heavy atom. The van der Waals surface area contributed by atoms with Gasteiger partial charge in [-0.3, -0.25) is 9.36 Å². The molecule has 0 radical (unpaired) electrons. The Labute approximate surface area is 159 Å². The predicted octanol–water partition coefficient (Wildman–Crippen LogP) is 3.30. The summed E-state index contributed by atoms with van der Waals surface area (Å²) in [5.41, 5.74) is 1.09. The van der Waals surface area contributed by atoms with Gasteiger partial charge in [0, 0.05) is 11.1 Å². The maximum absolute atomic E-state index is 14.4. The standard InChI is InChI=1S/C19H16ClFN4O2/c20-13-4-1-11(2-5-13)12-3-8-15(16(21)9-12)18(26)22-10-17-23-24-19(27)25(17)14-6-7-14/h1-5,8-9,14H,6-7,10H2,(H,22,26)(H,24,27). The van der Waals surface area contributed by atoms with E-state index in [1.165, 1.54) is 12.1 Å². The van der Waals surface area contributed by atoms with Gasteiger partial charge in [0.15, 0.2) is 5.82 Å². The van der Waals surface area contributed by atoms with E-state index in [2.05, 4.69) is 15.5 Å². The van der Waals surface area contributed by atoms with Crippen molar-refractivity contribution in [1.29, 1.82) is 0 Å². The van der Waals surface area contributed by atoms with Crippen molar-refractivity contribution in [3.8, 4) is 11.1 Å². The minimum atomic E-state index is -0.624. The molecule has 4 rings (SSSR count). The molecular weight excluding hydrogens is 371 g/mol. The van der Waals surface area contributed by atoms with Crippen LogP contribution in [0.5, 0.6) is 0 Å². The van der Waals surface area contributed by atoms with Gasteiger partial charge >= 0.3 is 5.69 Å². The van der Waals surface area contributed by atoms with E-state index in [-0.39, 0.29) is 23.8 Å². The van der Waals surface area contributed by atoms with Crippen molar-refractivity contribution in [2.24, 2.45) is 0 Å². The number of rotatable bonds is 5. The zero-order valence-corrected chi connectivity index (χ0v) is 15.0. The fraction of sp³-hybridized carbons (Fsp3) is 0.211. The first kappa shape index (κ1) is 17.5. The van der Waals surface area contributed by atoms with E-state index in [0.29, 0.717) is 16.4 Å². The summed E-state index contributed by atoms with van der Waals surface area (Å²) in [5.74, 6) is -0.747. The summed E-state index contributed by atoms with van der Waals surface area (Å²) < 4.78 is 16.0. The third kappa shape index (κ3) is 3.64. The number of hydrogen-bond acceptors (Lipinski definition) is 3. The first-order valence-electron chi connectivity index (χ1n) is 8.52. The van der Waals surface area contributed by atoms with Crippen LogP contribution in [0.4, 0.5) is 4.39 Å². The molecule has 0 bridgehead atoms. The van der Waals surface area contributed by atoms with Crippen LogP contribution in [0.15, 0.2) is 47.3 Å². The summed E-state index contributed by atoms with van der Waals surface area (Å²) in [6.45, 7) is 0.0481. The molecule has 0 spiro atoms. The molecule has 6 nitrogen and oxygen atoms in total. The second-order valence-electron chi connectivity index (χ2n) is 6.43. The van der Waals surface area contributed by atoms with Crippen molar-refractivity contribution in [2.75, 3.05) is 0 Å². The van der Waals surface area contributed by atoms with Crippen molar-refractivity contribution < 1.29 is 9.18 Å². The van der Waals surface area contributed by atoms with Crippen LogP contribution < -0.4 is 11.0 Å². The summed E-state index contributed by atoms with van der Waals surface area (Å²) in [6.07, 6.45) is 1.84. The molecule has 1 saturated carbocycles. The average Bonchev–Trinajstić information content (AvgIpc) is 3.42. The Morgan fingerprint density at radius 2 is 1.93 bits per heavy atom. The first-order valence-corrected chi connectivity index (χ1v) is 8.90. The number of halogens is 2. The van der Waals surface area contributed by atoms with Gasteiger partial charge in [-0.1, -0.05) is 29.8 Å².